The number of nitriles is 1. The zero-order chi connectivity index (χ0) is 18.9. The molecule has 5 rings (SSSR count). The van der Waals surface area contributed by atoms with Crippen molar-refractivity contribution >= 4 is 17.2 Å². The number of aliphatic imine (C=N–C) groups is 1. The third-order valence-electron chi connectivity index (χ3n) is 5.04. The average Bonchev–Trinajstić information content (AvgIpc) is 2.75. The standard InChI is InChI=1S/C22H17N5O/c23-13-15-2-1-3-16(10-15)17-4-5-19-18(11-17)22(26-19)20-12-21(25-14-24-20)27-6-8-28-9-7-27/h1-5,10-12,14H,6-9H2. The van der Waals surface area contributed by atoms with Gasteiger partial charge in [-0.3, -0.25) is 0 Å². The van der Waals surface area contributed by atoms with Crippen LogP contribution in [0.1, 0.15) is 16.8 Å². The van der Waals surface area contributed by atoms with E-state index in [4.69, 9.17) is 10.00 Å². The van der Waals surface area contributed by atoms with E-state index in [1.54, 1.807) is 6.33 Å². The largest absolute Gasteiger partial charge is 0.378 e. The van der Waals surface area contributed by atoms with E-state index in [2.05, 4.69) is 32.0 Å². The fraction of sp³-hybridized carbons (Fsp3) is 0.182. The molecular weight excluding hydrogens is 350 g/mol. The third kappa shape index (κ3) is 2.92. The summed E-state index contributed by atoms with van der Waals surface area (Å²) in [7, 11) is 0. The average molecular weight is 367 g/mol. The lowest BCUT2D eigenvalue weighted by atomic mass is 9.94. The summed E-state index contributed by atoms with van der Waals surface area (Å²) in [5.41, 5.74) is 6.47. The summed E-state index contributed by atoms with van der Waals surface area (Å²) in [5.74, 6) is 0.905. The van der Waals surface area contributed by atoms with E-state index < -0.39 is 0 Å². The van der Waals surface area contributed by atoms with Gasteiger partial charge in [-0.05, 0) is 35.4 Å². The third-order valence-corrected chi connectivity index (χ3v) is 5.04. The molecule has 3 aromatic rings. The van der Waals surface area contributed by atoms with Gasteiger partial charge in [-0.15, -0.1) is 0 Å². The van der Waals surface area contributed by atoms with Gasteiger partial charge in [0.05, 0.1) is 41.9 Å². The predicted octanol–water partition coefficient (Wildman–Crippen LogP) is 3.33. The number of nitrogens with zero attached hydrogens (tertiary/aromatic N) is 5. The number of hydrogen-bond donors (Lipinski definition) is 0. The molecule has 28 heavy (non-hydrogen) atoms. The fourth-order valence-electron chi connectivity index (χ4n) is 3.54. The Hall–Kier alpha value is -3.56. The monoisotopic (exact) mass is 367 g/mol. The summed E-state index contributed by atoms with van der Waals surface area (Å²) in [6.45, 7) is 3.10. The van der Waals surface area contributed by atoms with Gasteiger partial charge < -0.3 is 9.64 Å². The van der Waals surface area contributed by atoms with Crippen molar-refractivity contribution < 1.29 is 4.74 Å². The first-order chi connectivity index (χ1) is 13.8. The molecule has 136 valence electrons. The molecule has 0 unspecified atom stereocenters. The van der Waals surface area contributed by atoms with Gasteiger partial charge in [0.2, 0.25) is 0 Å². The van der Waals surface area contributed by atoms with Gasteiger partial charge in [-0.1, -0.05) is 18.2 Å². The van der Waals surface area contributed by atoms with Crippen LogP contribution in [0.2, 0.25) is 0 Å². The van der Waals surface area contributed by atoms with Crippen molar-refractivity contribution in [3.8, 4) is 17.2 Å². The molecule has 2 aliphatic rings. The predicted molar refractivity (Wildman–Crippen MR) is 107 cm³/mol. The highest BCUT2D eigenvalue weighted by Crippen LogP contribution is 2.36. The first-order valence-electron chi connectivity index (χ1n) is 9.20. The Balaban J connectivity index is 1.46. The Bertz CT molecular complexity index is 1130. The van der Waals surface area contributed by atoms with Gasteiger partial charge in [-0.2, -0.15) is 5.26 Å². The van der Waals surface area contributed by atoms with Crippen molar-refractivity contribution in [2.45, 2.75) is 0 Å². The number of anilines is 1. The maximum absolute atomic E-state index is 9.15. The molecule has 0 bridgehead atoms. The highest BCUT2D eigenvalue weighted by Gasteiger charge is 2.23. The molecule has 0 saturated carbocycles. The second-order valence-corrected chi connectivity index (χ2v) is 6.75. The highest BCUT2D eigenvalue weighted by molar-refractivity contribution is 6.21. The van der Waals surface area contributed by atoms with E-state index in [0.717, 1.165) is 52.7 Å². The molecule has 0 N–H and O–H groups in total. The van der Waals surface area contributed by atoms with E-state index in [0.29, 0.717) is 18.8 Å². The number of fused-ring (bicyclic) bond motifs is 1. The van der Waals surface area contributed by atoms with Gasteiger partial charge >= 0.3 is 0 Å². The summed E-state index contributed by atoms with van der Waals surface area (Å²) in [6, 6.07) is 18.0. The first kappa shape index (κ1) is 16.6. The lowest BCUT2D eigenvalue weighted by Gasteiger charge is -2.28. The zero-order valence-electron chi connectivity index (χ0n) is 15.2. The quantitative estimate of drug-likeness (QED) is 0.555. The van der Waals surface area contributed by atoms with Crippen LogP contribution in [-0.4, -0.2) is 42.0 Å². The van der Waals surface area contributed by atoms with Gasteiger partial charge in [0, 0.05) is 24.7 Å². The number of rotatable bonds is 3. The van der Waals surface area contributed by atoms with Crippen LogP contribution in [0.15, 0.2) is 59.9 Å². The first-order valence-corrected chi connectivity index (χ1v) is 9.20. The molecule has 1 aromatic heterocycles. The number of hydrogen-bond acceptors (Lipinski definition) is 6. The molecule has 0 radical (unpaired) electrons. The molecule has 2 aromatic carbocycles. The van der Waals surface area contributed by atoms with E-state index in [1.807, 2.05) is 42.5 Å². The molecule has 0 amide bonds. The van der Waals surface area contributed by atoms with E-state index in [1.165, 1.54) is 0 Å². The summed E-state index contributed by atoms with van der Waals surface area (Å²) in [5, 5.41) is 9.15. The minimum atomic E-state index is 0.653. The van der Waals surface area contributed by atoms with Gasteiger partial charge in [-0.25, -0.2) is 15.0 Å². The minimum absolute atomic E-state index is 0.653. The number of ether oxygens (including phenoxy) is 1. The van der Waals surface area contributed by atoms with Crippen LogP contribution in [0.25, 0.3) is 11.1 Å². The van der Waals surface area contributed by atoms with Crippen LogP contribution in [0.3, 0.4) is 0 Å². The minimum Gasteiger partial charge on any atom is -0.378 e. The molecular formula is C22H17N5O. The van der Waals surface area contributed by atoms with E-state index >= 15 is 0 Å². The van der Waals surface area contributed by atoms with Crippen LogP contribution in [0.4, 0.5) is 11.5 Å². The molecule has 6 heteroatoms. The molecule has 0 atom stereocenters. The van der Waals surface area contributed by atoms with Crippen LogP contribution >= 0.6 is 0 Å². The normalized spacial score (nSPS) is 15.2. The van der Waals surface area contributed by atoms with Crippen LogP contribution < -0.4 is 4.90 Å². The van der Waals surface area contributed by atoms with Gasteiger partial charge in [0.25, 0.3) is 0 Å². The Morgan fingerprint density at radius 1 is 0.964 bits per heavy atom. The van der Waals surface area contributed by atoms with Crippen LogP contribution in [0, 0.1) is 11.3 Å². The number of morpholine rings is 1. The van der Waals surface area contributed by atoms with E-state index in [9.17, 15) is 0 Å². The topological polar surface area (TPSA) is 74.4 Å². The van der Waals surface area contributed by atoms with Crippen LogP contribution in [0.5, 0.6) is 0 Å². The second kappa shape index (κ2) is 6.87. The van der Waals surface area contributed by atoms with Gasteiger partial charge in [0.1, 0.15) is 12.1 Å². The summed E-state index contributed by atoms with van der Waals surface area (Å²) < 4.78 is 5.42. The lowest BCUT2D eigenvalue weighted by molar-refractivity contribution is 0.122. The number of benzene rings is 2. The Morgan fingerprint density at radius 3 is 2.68 bits per heavy atom. The molecule has 1 fully saturated rings. The van der Waals surface area contributed by atoms with Crippen molar-refractivity contribution in [2.75, 3.05) is 31.2 Å². The smallest absolute Gasteiger partial charge is 0.132 e. The second-order valence-electron chi connectivity index (χ2n) is 6.75. The molecule has 6 nitrogen and oxygen atoms in total. The summed E-state index contributed by atoms with van der Waals surface area (Å²) >= 11 is 0. The fourth-order valence-corrected chi connectivity index (χ4v) is 3.54. The van der Waals surface area contributed by atoms with Crippen molar-refractivity contribution in [1.29, 1.82) is 5.26 Å². The summed E-state index contributed by atoms with van der Waals surface area (Å²) in [6.07, 6.45) is 1.60. The van der Waals surface area contributed by atoms with Crippen LogP contribution in [-0.2, 0) is 4.74 Å². The van der Waals surface area contributed by atoms with Crippen molar-refractivity contribution in [1.82, 2.24) is 9.97 Å². The SMILES string of the molecule is N#Cc1cccc(-c2ccc3c(c2)C(c2cc(N4CCOCC4)ncn2)=N3)c1. The molecule has 0 aliphatic carbocycles. The lowest BCUT2D eigenvalue weighted by Crippen LogP contribution is -2.37. The van der Waals surface area contributed by atoms with Crippen molar-refractivity contribution in [3.05, 3.63) is 71.7 Å². The summed E-state index contributed by atoms with van der Waals surface area (Å²) in [4.78, 5) is 15.7. The number of aromatic nitrogens is 2. The highest BCUT2D eigenvalue weighted by atomic mass is 16.5. The van der Waals surface area contributed by atoms with Gasteiger partial charge in [0.15, 0.2) is 0 Å². The molecule has 0 spiro atoms. The maximum Gasteiger partial charge on any atom is 0.132 e. The maximum atomic E-state index is 9.15. The molecule has 2 aliphatic heterocycles. The molecule has 3 heterocycles. The Morgan fingerprint density at radius 2 is 1.82 bits per heavy atom. The Labute approximate surface area is 162 Å². The molecule has 1 saturated heterocycles. The van der Waals surface area contributed by atoms with Crippen molar-refractivity contribution in [2.24, 2.45) is 4.99 Å². The van der Waals surface area contributed by atoms with E-state index in [-0.39, 0.29) is 0 Å². The van der Waals surface area contributed by atoms with Crippen molar-refractivity contribution in [3.63, 3.8) is 0 Å². The zero-order valence-corrected chi connectivity index (χ0v) is 15.2. The Kier molecular flexibility index (Phi) is 4.08.